The van der Waals surface area contributed by atoms with Crippen LogP contribution in [0, 0.1) is 0 Å². The molecule has 4 rings (SSSR count). The van der Waals surface area contributed by atoms with Crippen molar-refractivity contribution in [2.45, 2.75) is 32.0 Å². The van der Waals surface area contributed by atoms with E-state index in [2.05, 4.69) is 27.7 Å². The van der Waals surface area contributed by atoms with Crippen LogP contribution < -0.4 is 10.6 Å². The fourth-order valence-electron chi connectivity index (χ4n) is 3.74. The molecule has 0 saturated carbocycles. The number of nitrogens with zero attached hydrogens (tertiary/aromatic N) is 1. The summed E-state index contributed by atoms with van der Waals surface area (Å²) in [5.41, 5.74) is 2.88. The quantitative estimate of drug-likeness (QED) is 0.629. The molecule has 0 bridgehead atoms. The molecule has 3 aromatic rings. The zero-order valence-electron chi connectivity index (χ0n) is 16.7. The Balaban J connectivity index is 1.28. The molecule has 2 heterocycles. The van der Waals surface area contributed by atoms with Crippen LogP contribution in [-0.4, -0.2) is 29.3 Å². The van der Waals surface area contributed by atoms with E-state index in [1.807, 2.05) is 42.5 Å². The molecule has 2 aromatic carbocycles. The van der Waals surface area contributed by atoms with Gasteiger partial charge in [-0.1, -0.05) is 42.5 Å². The van der Waals surface area contributed by atoms with Gasteiger partial charge in [0.2, 0.25) is 5.91 Å². The Labute approximate surface area is 175 Å². The molecule has 0 radical (unpaired) electrons. The van der Waals surface area contributed by atoms with Gasteiger partial charge in [0.1, 0.15) is 0 Å². The summed E-state index contributed by atoms with van der Waals surface area (Å²) in [6, 6.07) is 20.9. The van der Waals surface area contributed by atoms with Crippen LogP contribution in [0.4, 0.5) is 5.69 Å². The summed E-state index contributed by atoms with van der Waals surface area (Å²) >= 11 is 0. The first-order chi connectivity index (χ1) is 14.7. The Morgan fingerprint density at radius 2 is 1.77 bits per heavy atom. The van der Waals surface area contributed by atoms with Gasteiger partial charge in [0.15, 0.2) is 5.76 Å². The summed E-state index contributed by atoms with van der Waals surface area (Å²) in [4.78, 5) is 27.0. The largest absolute Gasteiger partial charge is 0.459 e. The van der Waals surface area contributed by atoms with E-state index in [0.29, 0.717) is 12.2 Å². The van der Waals surface area contributed by atoms with Crippen molar-refractivity contribution in [2.75, 3.05) is 11.9 Å². The number of amides is 2. The van der Waals surface area contributed by atoms with Crippen LogP contribution in [0.25, 0.3) is 0 Å². The maximum absolute atomic E-state index is 12.7. The second kappa shape index (κ2) is 9.41. The molecule has 1 aliphatic heterocycles. The Bertz CT molecular complexity index is 969. The zero-order chi connectivity index (χ0) is 20.8. The van der Waals surface area contributed by atoms with Crippen LogP contribution in [0.5, 0.6) is 0 Å². The van der Waals surface area contributed by atoms with Crippen LogP contribution in [0.15, 0.2) is 77.4 Å². The average Bonchev–Trinajstić information content (AvgIpc) is 3.46. The van der Waals surface area contributed by atoms with Crippen molar-refractivity contribution in [3.8, 4) is 0 Å². The second-order valence-electron chi connectivity index (χ2n) is 7.46. The minimum atomic E-state index is -0.291. The lowest BCUT2D eigenvalue weighted by Crippen LogP contribution is -2.42. The summed E-state index contributed by atoms with van der Waals surface area (Å²) in [6.45, 7) is 2.20. The fraction of sp³-hybridized carbons (Fsp3) is 0.250. The van der Waals surface area contributed by atoms with E-state index in [1.54, 1.807) is 12.1 Å². The van der Waals surface area contributed by atoms with Gasteiger partial charge in [0.25, 0.3) is 5.91 Å². The van der Waals surface area contributed by atoms with Crippen LogP contribution in [-0.2, 0) is 17.9 Å². The Kier molecular flexibility index (Phi) is 6.25. The number of nitrogens with one attached hydrogen (secondary N) is 2. The second-order valence-corrected chi connectivity index (χ2v) is 7.46. The SMILES string of the molecule is O=C(Nc1ccc(CNC(=O)C2CCCN2Cc2ccccc2)cc1)c1ccco1. The summed E-state index contributed by atoms with van der Waals surface area (Å²) in [5, 5.41) is 5.84. The Hall–Kier alpha value is -3.38. The van der Waals surface area contributed by atoms with E-state index in [-0.39, 0.29) is 23.6 Å². The number of carbonyl (C=O) groups is 2. The topological polar surface area (TPSA) is 74.6 Å². The van der Waals surface area contributed by atoms with Gasteiger partial charge in [0, 0.05) is 18.8 Å². The number of carbonyl (C=O) groups excluding carboxylic acids is 2. The summed E-state index contributed by atoms with van der Waals surface area (Å²) in [6.07, 6.45) is 3.39. The van der Waals surface area contributed by atoms with E-state index in [1.165, 1.54) is 11.8 Å². The number of hydrogen-bond acceptors (Lipinski definition) is 4. The number of hydrogen-bond donors (Lipinski definition) is 2. The predicted octanol–water partition coefficient (Wildman–Crippen LogP) is 3.81. The van der Waals surface area contributed by atoms with Crippen molar-refractivity contribution in [1.82, 2.24) is 10.2 Å². The smallest absolute Gasteiger partial charge is 0.291 e. The molecule has 154 valence electrons. The number of benzene rings is 2. The van der Waals surface area contributed by atoms with E-state index in [0.717, 1.165) is 31.5 Å². The summed E-state index contributed by atoms with van der Waals surface area (Å²) < 4.78 is 5.09. The third-order valence-electron chi connectivity index (χ3n) is 5.32. The molecule has 1 atom stereocenters. The van der Waals surface area contributed by atoms with Crippen molar-refractivity contribution in [3.05, 3.63) is 89.9 Å². The molecule has 1 saturated heterocycles. The van der Waals surface area contributed by atoms with Gasteiger partial charge < -0.3 is 15.1 Å². The minimum absolute atomic E-state index is 0.0682. The molecule has 1 unspecified atom stereocenters. The van der Waals surface area contributed by atoms with Crippen LogP contribution >= 0.6 is 0 Å². The van der Waals surface area contributed by atoms with Crippen LogP contribution in [0.1, 0.15) is 34.5 Å². The van der Waals surface area contributed by atoms with E-state index in [9.17, 15) is 9.59 Å². The lowest BCUT2D eigenvalue weighted by atomic mass is 10.1. The highest BCUT2D eigenvalue weighted by molar-refractivity contribution is 6.02. The molecule has 6 heteroatoms. The minimum Gasteiger partial charge on any atom is -0.459 e. The first-order valence-corrected chi connectivity index (χ1v) is 10.2. The standard InChI is InChI=1S/C24H25N3O3/c28-23(21-8-4-14-27(21)17-19-6-2-1-3-7-19)25-16-18-10-12-20(13-11-18)26-24(29)22-9-5-15-30-22/h1-3,5-7,9-13,15,21H,4,8,14,16-17H2,(H,25,28)(H,26,29). The molecule has 2 amide bonds. The lowest BCUT2D eigenvalue weighted by molar-refractivity contribution is -0.125. The van der Waals surface area contributed by atoms with Crippen LogP contribution in [0.3, 0.4) is 0 Å². The molecule has 0 aliphatic carbocycles. The molecule has 1 aliphatic rings. The molecule has 2 N–H and O–H groups in total. The highest BCUT2D eigenvalue weighted by Gasteiger charge is 2.30. The first kappa shape index (κ1) is 19.9. The molecule has 6 nitrogen and oxygen atoms in total. The van der Waals surface area contributed by atoms with Crippen molar-refractivity contribution in [3.63, 3.8) is 0 Å². The lowest BCUT2D eigenvalue weighted by Gasteiger charge is -2.23. The highest BCUT2D eigenvalue weighted by Crippen LogP contribution is 2.20. The van der Waals surface area contributed by atoms with Crippen molar-refractivity contribution in [2.24, 2.45) is 0 Å². The first-order valence-electron chi connectivity index (χ1n) is 10.2. The van der Waals surface area contributed by atoms with Gasteiger partial charge in [-0.25, -0.2) is 0 Å². The number of anilines is 1. The van der Waals surface area contributed by atoms with Gasteiger partial charge in [-0.2, -0.15) is 0 Å². The van der Waals surface area contributed by atoms with E-state index < -0.39 is 0 Å². The van der Waals surface area contributed by atoms with E-state index >= 15 is 0 Å². The number of furan rings is 1. The molecule has 0 spiro atoms. The zero-order valence-corrected chi connectivity index (χ0v) is 16.7. The summed E-state index contributed by atoms with van der Waals surface area (Å²) in [5.74, 6) is 0.0439. The maximum atomic E-state index is 12.7. The molecule has 30 heavy (non-hydrogen) atoms. The highest BCUT2D eigenvalue weighted by atomic mass is 16.3. The van der Waals surface area contributed by atoms with Gasteiger partial charge in [0.05, 0.1) is 12.3 Å². The van der Waals surface area contributed by atoms with Gasteiger partial charge in [-0.3, -0.25) is 14.5 Å². The normalized spacial score (nSPS) is 16.3. The fourth-order valence-corrected chi connectivity index (χ4v) is 3.74. The predicted molar refractivity (Wildman–Crippen MR) is 115 cm³/mol. The number of rotatable bonds is 7. The molecular weight excluding hydrogens is 378 g/mol. The van der Waals surface area contributed by atoms with Crippen LogP contribution in [0.2, 0.25) is 0 Å². The molecule has 1 aromatic heterocycles. The Morgan fingerprint density at radius 1 is 0.967 bits per heavy atom. The monoisotopic (exact) mass is 403 g/mol. The molecule has 1 fully saturated rings. The van der Waals surface area contributed by atoms with Crippen molar-refractivity contribution < 1.29 is 14.0 Å². The average molecular weight is 403 g/mol. The third-order valence-corrected chi connectivity index (χ3v) is 5.32. The molecular formula is C24H25N3O3. The summed E-state index contributed by atoms with van der Waals surface area (Å²) in [7, 11) is 0. The van der Waals surface area contributed by atoms with Crippen molar-refractivity contribution >= 4 is 17.5 Å². The van der Waals surface area contributed by atoms with Gasteiger partial charge in [-0.15, -0.1) is 0 Å². The van der Waals surface area contributed by atoms with Gasteiger partial charge in [-0.05, 0) is 54.8 Å². The van der Waals surface area contributed by atoms with E-state index in [4.69, 9.17) is 4.42 Å². The Morgan fingerprint density at radius 3 is 2.50 bits per heavy atom. The maximum Gasteiger partial charge on any atom is 0.291 e. The number of likely N-dealkylation sites (tertiary alicyclic amines) is 1. The van der Waals surface area contributed by atoms with Crippen molar-refractivity contribution in [1.29, 1.82) is 0 Å². The van der Waals surface area contributed by atoms with Gasteiger partial charge >= 0.3 is 0 Å². The third kappa shape index (κ3) is 4.96.